The molecule has 0 amide bonds. The first kappa shape index (κ1) is 14.0. The number of rotatable bonds is 2. The fourth-order valence-corrected chi connectivity index (χ4v) is 3.18. The van der Waals surface area contributed by atoms with Gasteiger partial charge in [0, 0.05) is 5.02 Å². The van der Waals surface area contributed by atoms with Gasteiger partial charge in [0.1, 0.15) is 0 Å². The van der Waals surface area contributed by atoms with Crippen molar-refractivity contribution in [2.75, 3.05) is 0 Å². The van der Waals surface area contributed by atoms with Crippen molar-refractivity contribution in [3.63, 3.8) is 0 Å². The second-order valence-corrected chi connectivity index (χ2v) is 6.02. The molecule has 0 saturated carbocycles. The van der Waals surface area contributed by atoms with Crippen LogP contribution in [0, 0.1) is 0 Å². The molecule has 0 N–H and O–H groups in total. The minimum atomic E-state index is 0.759. The Morgan fingerprint density at radius 2 is 1.22 bits per heavy atom. The highest BCUT2D eigenvalue weighted by Gasteiger charge is 2.11. The average molecular weight is 315 g/mol. The molecule has 23 heavy (non-hydrogen) atoms. The van der Waals surface area contributed by atoms with Crippen LogP contribution in [-0.2, 0) is 0 Å². The van der Waals surface area contributed by atoms with Crippen molar-refractivity contribution in [3.05, 3.63) is 96.0 Å². The SMILES string of the molecule is Clc1ccc(-c2c(-c3ccccc3)ccc3ccccc23)cc1. The van der Waals surface area contributed by atoms with Crippen LogP contribution in [0.5, 0.6) is 0 Å². The van der Waals surface area contributed by atoms with Crippen LogP contribution in [0.1, 0.15) is 0 Å². The monoisotopic (exact) mass is 314 g/mol. The van der Waals surface area contributed by atoms with Crippen molar-refractivity contribution in [3.8, 4) is 22.3 Å². The third-order valence-electron chi connectivity index (χ3n) is 4.15. The van der Waals surface area contributed by atoms with Crippen LogP contribution in [-0.4, -0.2) is 0 Å². The van der Waals surface area contributed by atoms with Crippen LogP contribution in [0.4, 0.5) is 0 Å². The summed E-state index contributed by atoms with van der Waals surface area (Å²) >= 11 is 6.07. The molecule has 0 aliphatic rings. The summed E-state index contributed by atoms with van der Waals surface area (Å²) in [5.41, 5.74) is 4.91. The lowest BCUT2D eigenvalue weighted by molar-refractivity contribution is 1.61. The smallest absolute Gasteiger partial charge is 0.0406 e. The van der Waals surface area contributed by atoms with E-state index in [9.17, 15) is 0 Å². The molecule has 0 radical (unpaired) electrons. The summed E-state index contributed by atoms with van der Waals surface area (Å²) in [5.74, 6) is 0. The largest absolute Gasteiger partial charge is 0.0843 e. The Kier molecular flexibility index (Phi) is 3.61. The van der Waals surface area contributed by atoms with Crippen LogP contribution < -0.4 is 0 Å². The van der Waals surface area contributed by atoms with Gasteiger partial charge in [-0.1, -0.05) is 90.5 Å². The van der Waals surface area contributed by atoms with E-state index >= 15 is 0 Å². The quantitative estimate of drug-likeness (QED) is 0.380. The molecule has 0 fully saturated rings. The molecular weight excluding hydrogens is 300 g/mol. The standard InChI is InChI=1S/C22H15Cl/c23-19-13-10-18(11-14-19)22-20-9-5-4-8-17(20)12-15-21(22)16-6-2-1-3-7-16/h1-15H. The van der Waals surface area contributed by atoms with Gasteiger partial charge in [-0.2, -0.15) is 0 Å². The van der Waals surface area contributed by atoms with Gasteiger partial charge >= 0.3 is 0 Å². The van der Waals surface area contributed by atoms with Crippen molar-refractivity contribution in [1.82, 2.24) is 0 Å². The molecule has 0 spiro atoms. The lowest BCUT2D eigenvalue weighted by Crippen LogP contribution is -1.87. The number of halogens is 1. The molecule has 0 aliphatic carbocycles. The molecule has 4 rings (SSSR count). The summed E-state index contributed by atoms with van der Waals surface area (Å²) in [7, 11) is 0. The summed E-state index contributed by atoms with van der Waals surface area (Å²) in [4.78, 5) is 0. The fourth-order valence-electron chi connectivity index (χ4n) is 3.06. The van der Waals surface area contributed by atoms with E-state index in [1.165, 1.54) is 33.0 Å². The van der Waals surface area contributed by atoms with E-state index < -0.39 is 0 Å². The first-order valence-electron chi connectivity index (χ1n) is 7.66. The zero-order valence-corrected chi connectivity index (χ0v) is 13.3. The van der Waals surface area contributed by atoms with Gasteiger partial charge in [0.2, 0.25) is 0 Å². The highest BCUT2D eigenvalue weighted by atomic mass is 35.5. The van der Waals surface area contributed by atoms with Crippen molar-refractivity contribution >= 4 is 22.4 Å². The molecule has 0 atom stereocenters. The minimum absolute atomic E-state index is 0.759. The molecule has 0 bridgehead atoms. The van der Waals surface area contributed by atoms with Crippen molar-refractivity contribution in [1.29, 1.82) is 0 Å². The Bertz CT molecular complexity index is 954. The third kappa shape index (κ3) is 2.62. The Labute approximate surface area is 141 Å². The van der Waals surface area contributed by atoms with Crippen LogP contribution in [0.15, 0.2) is 91.0 Å². The van der Waals surface area contributed by atoms with E-state index in [-0.39, 0.29) is 0 Å². The van der Waals surface area contributed by atoms with Gasteiger partial charge in [-0.3, -0.25) is 0 Å². The fraction of sp³-hybridized carbons (Fsp3) is 0. The maximum Gasteiger partial charge on any atom is 0.0406 e. The maximum atomic E-state index is 6.07. The van der Waals surface area contributed by atoms with Crippen molar-refractivity contribution in [2.24, 2.45) is 0 Å². The second kappa shape index (κ2) is 5.91. The van der Waals surface area contributed by atoms with Gasteiger partial charge in [-0.05, 0) is 45.2 Å². The van der Waals surface area contributed by atoms with Gasteiger partial charge in [0.25, 0.3) is 0 Å². The predicted molar refractivity (Wildman–Crippen MR) is 99.8 cm³/mol. The van der Waals surface area contributed by atoms with Gasteiger partial charge < -0.3 is 0 Å². The Balaban J connectivity index is 2.07. The first-order valence-corrected chi connectivity index (χ1v) is 8.04. The molecule has 0 saturated heterocycles. The van der Waals surface area contributed by atoms with E-state index in [4.69, 9.17) is 11.6 Å². The topological polar surface area (TPSA) is 0 Å². The number of hydrogen-bond acceptors (Lipinski definition) is 0. The summed E-state index contributed by atoms with van der Waals surface area (Å²) in [6.07, 6.45) is 0. The van der Waals surface area contributed by atoms with E-state index in [1.807, 2.05) is 18.2 Å². The molecule has 1 heteroatoms. The molecule has 0 aliphatic heterocycles. The number of hydrogen-bond donors (Lipinski definition) is 0. The van der Waals surface area contributed by atoms with Gasteiger partial charge in [-0.25, -0.2) is 0 Å². The molecule has 4 aromatic rings. The van der Waals surface area contributed by atoms with Crippen LogP contribution in [0.2, 0.25) is 5.02 Å². The molecule has 0 unspecified atom stereocenters. The van der Waals surface area contributed by atoms with Gasteiger partial charge in [-0.15, -0.1) is 0 Å². The van der Waals surface area contributed by atoms with E-state index in [0.717, 1.165) is 5.02 Å². The zero-order valence-electron chi connectivity index (χ0n) is 12.5. The molecule has 4 aromatic carbocycles. The molecule has 0 heterocycles. The highest BCUT2D eigenvalue weighted by Crippen LogP contribution is 2.38. The van der Waals surface area contributed by atoms with Crippen LogP contribution in [0.25, 0.3) is 33.0 Å². The van der Waals surface area contributed by atoms with Crippen LogP contribution in [0.3, 0.4) is 0 Å². The Hall–Kier alpha value is -2.57. The van der Waals surface area contributed by atoms with Gasteiger partial charge in [0.05, 0.1) is 0 Å². The Morgan fingerprint density at radius 3 is 2.00 bits per heavy atom. The third-order valence-corrected chi connectivity index (χ3v) is 4.40. The summed E-state index contributed by atoms with van der Waals surface area (Å²) in [6, 6.07) is 31.5. The molecule has 0 nitrogen and oxygen atoms in total. The lowest BCUT2D eigenvalue weighted by Gasteiger charge is -2.14. The number of benzene rings is 4. The van der Waals surface area contributed by atoms with E-state index in [0.29, 0.717) is 0 Å². The zero-order chi connectivity index (χ0) is 15.6. The summed E-state index contributed by atoms with van der Waals surface area (Å²) < 4.78 is 0. The summed E-state index contributed by atoms with van der Waals surface area (Å²) in [5, 5.41) is 3.27. The van der Waals surface area contributed by atoms with Gasteiger partial charge in [0.15, 0.2) is 0 Å². The van der Waals surface area contributed by atoms with Crippen molar-refractivity contribution < 1.29 is 0 Å². The molecule has 110 valence electrons. The second-order valence-electron chi connectivity index (χ2n) is 5.58. The average Bonchev–Trinajstić information content (AvgIpc) is 2.62. The lowest BCUT2D eigenvalue weighted by atomic mass is 9.90. The normalized spacial score (nSPS) is 10.8. The summed E-state index contributed by atoms with van der Waals surface area (Å²) in [6.45, 7) is 0. The first-order chi connectivity index (χ1) is 11.3. The minimum Gasteiger partial charge on any atom is -0.0843 e. The van der Waals surface area contributed by atoms with E-state index in [1.54, 1.807) is 0 Å². The van der Waals surface area contributed by atoms with Crippen LogP contribution >= 0.6 is 11.6 Å². The molecular formula is C22H15Cl. The maximum absolute atomic E-state index is 6.07. The van der Waals surface area contributed by atoms with Crippen molar-refractivity contribution in [2.45, 2.75) is 0 Å². The van der Waals surface area contributed by atoms with E-state index in [2.05, 4.69) is 72.8 Å². The number of fused-ring (bicyclic) bond motifs is 1. The molecule has 0 aromatic heterocycles. The predicted octanol–water partition coefficient (Wildman–Crippen LogP) is 6.83. The highest BCUT2D eigenvalue weighted by molar-refractivity contribution is 6.30. The Morgan fingerprint density at radius 1 is 0.522 bits per heavy atom.